The molecule has 2 bridgehead atoms. The van der Waals surface area contributed by atoms with Crippen molar-refractivity contribution in [1.29, 1.82) is 0 Å². The Balaban J connectivity index is 1.48. The van der Waals surface area contributed by atoms with Crippen LogP contribution in [-0.2, 0) is 19.5 Å². The summed E-state index contributed by atoms with van der Waals surface area (Å²) in [5.74, 6) is 0.850. The third kappa shape index (κ3) is 3.00. The van der Waals surface area contributed by atoms with Crippen LogP contribution in [0.25, 0.3) is 11.0 Å². The quantitative estimate of drug-likeness (QED) is 0.659. The molecule has 1 fully saturated rings. The Bertz CT molecular complexity index is 1160. The monoisotopic (exact) mass is 376 g/mol. The molecule has 5 nitrogen and oxygen atoms in total. The molecule has 2 aliphatic heterocycles. The van der Waals surface area contributed by atoms with Crippen molar-refractivity contribution < 1.29 is 4.42 Å². The molecule has 2 unspecified atom stereocenters. The van der Waals surface area contributed by atoms with Gasteiger partial charge in [-0.2, -0.15) is 0 Å². The van der Waals surface area contributed by atoms with Crippen molar-refractivity contribution in [2.45, 2.75) is 38.8 Å². The van der Waals surface area contributed by atoms with Crippen LogP contribution in [0.5, 0.6) is 0 Å². The molecule has 3 aromatic rings. The van der Waals surface area contributed by atoms with E-state index in [1.807, 2.05) is 22.8 Å². The largest absolute Gasteiger partial charge is 0.423 e. The van der Waals surface area contributed by atoms with E-state index in [2.05, 4.69) is 24.0 Å². The van der Waals surface area contributed by atoms with Crippen molar-refractivity contribution >= 4 is 11.0 Å². The maximum Gasteiger partial charge on any atom is 0.336 e. The molecule has 5 heteroatoms. The number of pyridine rings is 1. The molecule has 4 heterocycles. The molecule has 0 N–H and O–H groups in total. The Hall–Kier alpha value is -2.66. The summed E-state index contributed by atoms with van der Waals surface area (Å²) in [6.07, 6.45) is 2.09. The predicted molar refractivity (Wildman–Crippen MR) is 109 cm³/mol. The third-order valence-electron chi connectivity index (χ3n) is 6.25. The highest BCUT2D eigenvalue weighted by atomic mass is 16.4. The number of rotatable bonds is 3. The number of piperidine rings is 1. The Kier molecular flexibility index (Phi) is 4.20. The zero-order valence-electron chi connectivity index (χ0n) is 16.1. The van der Waals surface area contributed by atoms with Crippen LogP contribution in [0.4, 0.5) is 0 Å². The van der Waals surface area contributed by atoms with Crippen molar-refractivity contribution in [2.24, 2.45) is 5.92 Å². The van der Waals surface area contributed by atoms with E-state index in [1.165, 1.54) is 5.56 Å². The summed E-state index contributed by atoms with van der Waals surface area (Å²) in [7, 11) is 0. The Morgan fingerprint density at radius 2 is 1.96 bits per heavy atom. The normalized spacial score (nSPS) is 21.6. The van der Waals surface area contributed by atoms with Gasteiger partial charge in [0.05, 0.1) is 0 Å². The first kappa shape index (κ1) is 17.4. The fourth-order valence-electron chi connectivity index (χ4n) is 4.99. The van der Waals surface area contributed by atoms with Gasteiger partial charge in [0, 0.05) is 55.3 Å². The number of fused-ring (bicyclic) bond motifs is 5. The second-order valence-corrected chi connectivity index (χ2v) is 8.17. The second-order valence-electron chi connectivity index (χ2n) is 8.17. The topological polar surface area (TPSA) is 55.5 Å². The predicted octanol–water partition coefficient (Wildman–Crippen LogP) is 3.14. The lowest BCUT2D eigenvalue weighted by Gasteiger charge is -2.42. The lowest BCUT2D eigenvalue weighted by molar-refractivity contribution is 0.114. The molecule has 1 saturated heterocycles. The summed E-state index contributed by atoms with van der Waals surface area (Å²) in [5.41, 5.74) is 3.91. The minimum absolute atomic E-state index is 0.111. The lowest BCUT2D eigenvalue weighted by atomic mass is 9.83. The van der Waals surface area contributed by atoms with Gasteiger partial charge in [-0.3, -0.25) is 9.69 Å². The van der Waals surface area contributed by atoms with Gasteiger partial charge < -0.3 is 8.98 Å². The van der Waals surface area contributed by atoms with Gasteiger partial charge in [-0.15, -0.1) is 0 Å². The van der Waals surface area contributed by atoms with Gasteiger partial charge in [0.2, 0.25) is 0 Å². The van der Waals surface area contributed by atoms with Crippen molar-refractivity contribution in [3.8, 4) is 0 Å². The summed E-state index contributed by atoms with van der Waals surface area (Å²) in [6, 6.07) is 13.3. The standard InChI is InChI=1S/C23H24N2O3/c1-2-15-6-7-21-19(9-15)17(10-23(27)28-21)13-24-11-16-8-18(14-24)20-4-3-5-22(26)25(20)12-16/h3-7,9-10,16,18H,2,8,11-14H2,1H3. The minimum Gasteiger partial charge on any atom is -0.423 e. The molecule has 5 rings (SSSR count). The average Bonchev–Trinajstić information content (AvgIpc) is 2.68. The molecule has 2 atom stereocenters. The number of aryl methyl sites for hydroxylation is 1. The van der Waals surface area contributed by atoms with Crippen LogP contribution in [0, 0.1) is 5.92 Å². The maximum absolute atomic E-state index is 12.2. The van der Waals surface area contributed by atoms with E-state index in [4.69, 9.17) is 4.42 Å². The Morgan fingerprint density at radius 1 is 1.07 bits per heavy atom. The summed E-state index contributed by atoms with van der Waals surface area (Å²) in [4.78, 5) is 26.7. The highest BCUT2D eigenvalue weighted by Gasteiger charge is 2.34. The zero-order valence-corrected chi connectivity index (χ0v) is 16.1. The van der Waals surface area contributed by atoms with Crippen LogP contribution in [-0.4, -0.2) is 22.6 Å². The first-order chi connectivity index (χ1) is 13.6. The Morgan fingerprint density at radius 3 is 2.82 bits per heavy atom. The van der Waals surface area contributed by atoms with Crippen molar-refractivity contribution in [3.05, 3.63) is 80.1 Å². The van der Waals surface area contributed by atoms with Crippen molar-refractivity contribution in [2.75, 3.05) is 13.1 Å². The number of nitrogens with zero attached hydrogens (tertiary/aromatic N) is 2. The maximum atomic E-state index is 12.2. The molecule has 0 amide bonds. The van der Waals surface area contributed by atoms with E-state index < -0.39 is 0 Å². The van der Waals surface area contributed by atoms with Gasteiger partial charge in [-0.25, -0.2) is 4.79 Å². The molecule has 28 heavy (non-hydrogen) atoms. The SMILES string of the molecule is CCc1ccc2oc(=O)cc(CN3CC4CC(C3)c3cccc(=O)n3C4)c2c1. The van der Waals surface area contributed by atoms with Gasteiger partial charge in [-0.05, 0) is 48.1 Å². The molecular weight excluding hydrogens is 352 g/mol. The van der Waals surface area contributed by atoms with E-state index in [1.54, 1.807) is 12.1 Å². The molecule has 0 radical (unpaired) electrons. The molecule has 2 aliphatic rings. The van der Waals surface area contributed by atoms with E-state index in [9.17, 15) is 9.59 Å². The van der Waals surface area contributed by atoms with Gasteiger partial charge in [0.15, 0.2) is 0 Å². The van der Waals surface area contributed by atoms with Gasteiger partial charge in [-0.1, -0.05) is 19.1 Å². The zero-order chi connectivity index (χ0) is 19.3. The fourth-order valence-corrected chi connectivity index (χ4v) is 4.99. The van der Waals surface area contributed by atoms with Crippen LogP contribution in [0.3, 0.4) is 0 Å². The summed E-state index contributed by atoms with van der Waals surface area (Å²) in [5, 5.41) is 1.03. The average molecular weight is 376 g/mol. The van der Waals surface area contributed by atoms with E-state index in [0.29, 0.717) is 17.4 Å². The van der Waals surface area contributed by atoms with Crippen molar-refractivity contribution in [3.63, 3.8) is 0 Å². The summed E-state index contributed by atoms with van der Waals surface area (Å²) in [6.45, 7) is 5.52. The molecule has 0 aliphatic carbocycles. The molecule has 1 aromatic carbocycles. The first-order valence-electron chi connectivity index (χ1n) is 10.1. The molecule has 144 valence electrons. The fraction of sp³-hybridized carbons (Fsp3) is 0.391. The summed E-state index contributed by atoms with van der Waals surface area (Å²) < 4.78 is 7.37. The molecule has 2 aromatic heterocycles. The molecule has 0 saturated carbocycles. The smallest absolute Gasteiger partial charge is 0.336 e. The van der Waals surface area contributed by atoms with Gasteiger partial charge in [0.1, 0.15) is 5.58 Å². The van der Waals surface area contributed by atoms with E-state index in [-0.39, 0.29) is 11.2 Å². The highest BCUT2D eigenvalue weighted by Crippen LogP contribution is 2.35. The van der Waals surface area contributed by atoms with E-state index >= 15 is 0 Å². The highest BCUT2D eigenvalue weighted by molar-refractivity contribution is 5.80. The van der Waals surface area contributed by atoms with Crippen LogP contribution < -0.4 is 11.2 Å². The first-order valence-corrected chi connectivity index (χ1v) is 10.1. The van der Waals surface area contributed by atoms with Gasteiger partial charge in [0.25, 0.3) is 5.56 Å². The van der Waals surface area contributed by atoms with Crippen LogP contribution in [0.2, 0.25) is 0 Å². The summed E-state index contributed by atoms with van der Waals surface area (Å²) >= 11 is 0. The van der Waals surface area contributed by atoms with Crippen LogP contribution >= 0.6 is 0 Å². The minimum atomic E-state index is -0.291. The third-order valence-corrected chi connectivity index (χ3v) is 6.25. The van der Waals surface area contributed by atoms with E-state index in [0.717, 1.165) is 55.7 Å². The molecular formula is C23H24N2O3. The number of hydrogen-bond donors (Lipinski definition) is 0. The van der Waals surface area contributed by atoms with Gasteiger partial charge >= 0.3 is 5.63 Å². The van der Waals surface area contributed by atoms with Crippen molar-refractivity contribution in [1.82, 2.24) is 9.47 Å². The molecule has 0 spiro atoms. The van der Waals surface area contributed by atoms with Crippen LogP contribution in [0.15, 0.2) is 56.5 Å². The lowest BCUT2D eigenvalue weighted by Crippen LogP contribution is -2.46. The number of likely N-dealkylation sites (tertiary alicyclic amines) is 1. The number of aromatic nitrogens is 1. The number of benzene rings is 1. The second kappa shape index (κ2) is 6.74. The van der Waals surface area contributed by atoms with Crippen LogP contribution in [0.1, 0.15) is 36.1 Å². The Labute approximate surface area is 163 Å². The number of hydrogen-bond acceptors (Lipinski definition) is 4.